The van der Waals surface area contributed by atoms with Crippen LogP contribution in [0.5, 0.6) is 0 Å². The smallest absolute Gasteiger partial charge is 0.129 e. The molecule has 1 unspecified atom stereocenters. The highest BCUT2D eigenvalue weighted by atomic mass is 79.9. The van der Waals surface area contributed by atoms with Crippen LogP contribution in [0.1, 0.15) is 23.1 Å². The van der Waals surface area contributed by atoms with E-state index in [0.29, 0.717) is 6.61 Å². The van der Waals surface area contributed by atoms with Crippen molar-refractivity contribution in [1.29, 1.82) is 0 Å². The number of ether oxygens (including phenoxy) is 1. The Bertz CT molecular complexity index is 478. The van der Waals surface area contributed by atoms with Crippen LogP contribution in [-0.4, -0.2) is 7.11 Å². The lowest BCUT2D eigenvalue weighted by Gasteiger charge is -2.09. The number of hydrogen-bond acceptors (Lipinski definition) is 3. The van der Waals surface area contributed by atoms with Crippen LogP contribution in [0.15, 0.2) is 45.3 Å². The average Bonchev–Trinajstić information content (AvgIpc) is 2.78. The second-order valence-electron chi connectivity index (χ2n) is 3.77. The summed E-state index contributed by atoms with van der Waals surface area (Å²) in [7, 11) is 1.64. The molecule has 2 rings (SSSR count). The van der Waals surface area contributed by atoms with Gasteiger partial charge in [0.1, 0.15) is 18.1 Å². The Hall–Kier alpha value is -1.10. The molecule has 0 amide bonds. The van der Waals surface area contributed by atoms with Crippen molar-refractivity contribution in [2.45, 2.75) is 12.6 Å². The van der Waals surface area contributed by atoms with E-state index in [9.17, 15) is 0 Å². The number of benzene rings is 1. The molecule has 2 N–H and O–H groups in total. The molecule has 90 valence electrons. The molecule has 0 fully saturated rings. The van der Waals surface area contributed by atoms with Crippen molar-refractivity contribution in [2.24, 2.45) is 5.73 Å². The minimum Gasteiger partial charge on any atom is -0.462 e. The summed E-state index contributed by atoms with van der Waals surface area (Å²) in [5.41, 5.74) is 7.15. The number of hydrogen-bond donors (Lipinski definition) is 1. The van der Waals surface area contributed by atoms with E-state index >= 15 is 0 Å². The third-order valence-electron chi connectivity index (χ3n) is 2.50. The van der Waals surface area contributed by atoms with Crippen molar-refractivity contribution in [1.82, 2.24) is 0 Å². The first kappa shape index (κ1) is 12.4. The minimum absolute atomic E-state index is 0.242. The molecule has 4 heteroatoms. The molecular formula is C13H14BrNO2. The molecule has 0 saturated heterocycles. The monoisotopic (exact) mass is 295 g/mol. The van der Waals surface area contributed by atoms with Crippen LogP contribution in [-0.2, 0) is 11.3 Å². The second kappa shape index (κ2) is 5.49. The molecule has 0 saturated carbocycles. The molecule has 0 bridgehead atoms. The summed E-state index contributed by atoms with van der Waals surface area (Å²) in [6, 6.07) is 11.4. The Labute approximate surface area is 109 Å². The van der Waals surface area contributed by atoms with Crippen molar-refractivity contribution in [2.75, 3.05) is 7.11 Å². The van der Waals surface area contributed by atoms with Crippen molar-refractivity contribution in [3.05, 3.63) is 58.0 Å². The molecule has 0 radical (unpaired) electrons. The van der Waals surface area contributed by atoms with Gasteiger partial charge in [-0.3, -0.25) is 0 Å². The van der Waals surface area contributed by atoms with E-state index in [4.69, 9.17) is 14.9 Å². The highest BCUT2D eigenvalue weighted by Crippen LogP contribution is 2.23. The third kappa shape index (κ3) is 2.97. The number of rotatable bonds is 4. The molecule has 0 aliphatic heterocycles. The van der Waals surface area contributed by atoms with Gasteiger partial charge in [0.05, 0.1) is 6.04 Å². The summed E-state index contributed by atoms with van der Waals surface area (Å²) in [6.07, 6.45) is 0. The Morgan fingerprint density at radius 1 is 1.24 bits per heavy atom. The Morgan fingerprint density at radius 2 is 1.94 bits per heavy atom. The van der Waals surface area contributed by atoms with Gasteiger partial charge in [-0.05, 0) is 29.8 Å². The molecule has 17 heavy (non-hydrogen) atoms. The molecule has 0 aliphatic carbocycles. The van der Waals surface area contributed by atoms with Crippen LogP contribution in [0.2, 0.25) is 0 Å². The fraction of sp³-hybridized carbons (Fsp3) is 0.231. The highest BCUT2D eigenvalue weighted by molar-refractivity contribution is 9.10. The van der Waals surface area contributed by atoms with E-state index in [0.717, 1.165) is 21.6 Å². The largest absolute Gasteiger partial charge is 0.462 e. The molecule has 1 atom stereocenters. The quantitative estimate of drug-likeness (QED) is 0.942. The maximum absolute atomic E-state index is 6.13. The van der Waals surface area contributed by atoms with E-state index in [1.165, 1.54) is 0 Å². The van der Waals surface area contributed by atoms with E-state index in [2.05, 4.69) is 15.9 Å². The first-order valence-corrected chi connectivity index (χ1v) is 6.08. The first-order chi connectivity index (χ1) is 8.20. The Morgan fingerprint density at radius 3 is 2.59 bits per heavy atom. The molecule has 0 spiro atoms. The maximum Gasteiger partial charge on any atom is 0.129 e. The van der Waals surface area contributed by atoms with Gasteiger partial charge in [0, 0.05) is 11.6 Å². The van der Waals surface area contributed by atoms with Crippen molar-refractivity contribution in [3.8, 4) is 0 Å². The Kier molecular flexibility index (Phi) is 3.99. The molecular weight excluding hydrogens is 282 g/mol. The summed E-state index contributed by atoms with van der Waals surface area (Å²) < 4.78 is 11.6. The van der Waals surface area contributed by atoms with Gasteiger partial charge in [0.25, 0.3) is 0 Å². The molecule has 1 heterocycles. The third-order valence-corrected chi connectivity index (χ3v) is 3.03. The van der Waals surface area contributed by atoms with Gasteiger partial charge in [-0.15, -0.1) is 0 Å². The van der Waals surface area contributed by atoms with Crippen molar-refractivity contribution in [3.63, 3.8) is 0 Å². The summed E-state index contributed by atoms with van der Waals surface area (Å²) in [6.45, 7) is 0.465. The summed E-state index contributed by atoms with van der Waals surface area (Å²) in [5.74, 6) is 1.54. The lowest BCUT2D eigenvalue weighted by Crippen LogP contribution is -2.10. The molecule has 1 aromatic carbocycles. The van der Waals surface area contributed by atoms with Gasteiger partial charge in [-0.1, -0.05) is 28.1 Å². The predicted molar refractivity (Wildman–Crippen MR) is 69.6 cm³/mol. The van der Waals surface area contributed by atoms with Crippen LogP contribution in [0.25, 0.3) is 0 Å². The average molecular weight is 296 g/mol. The summed E-state index contributed by atoms with van der Waals surface area (Å²) in [5, 5.41) is 0. The SMILES string of the molecule is COCc1ccc(C(N)c2ccc(Br)cc2)o1. The van der Waals surface area contributed by atoms with Crippen LogP contribution >= 0.6 is 15.9 Å². The van der Waals surface area contributed by atoms with E-state index in [-0.39, 0.29) is 6.04 Å². The minimum atomic E-state index is -0.242. The van der Waals surface area contributed by atoms with E-state index < -0.39 is 0 Å². The normalized spacial score (nSPS) is 12.6. The van der Waals surface area contributed by atoms with Crippen molar-refractivity contribution >= 4 is 15.9 Å². The molecule has 2 aromatic rings. The van der Waals surface area contributed by atoms with Crippen LogP contribution < -0.4 is 5.73 Å². The van der Waals surface area contributed by atoms with Crippen LogP contribution in [0.3, 0.4) is 0 Å². The first-order valence-electron chi connectivity index (χ1n) is 5.29. The van der Waals surface area contributed by atoms with Gasteiger partial charge in [-0.2, -0.15) is 0 Å². The molecule has 0 aliphatic rings. The van der Waals surface area contributed by atoms with Gasteiger partial charge < -0.3 is 14.9 Å². The van der Waals surface area contributed by atoms with Crippen LogP contribution in [0.4, 0.5) is 0 Å². The number of halogens is 1. The van der Waals surface area contributed by atoms with Gasteiger partial charge >= 0.3 is 0 Å². The predicted octanol–water partition coefficient (Wildman–Crippen LogP) is 3.24. The zero-order valence-corrected chi connectivity index (χ0v) is 11.1. The van der Waals surface area contributed by atoms with Crippen LogP contribution in [0, 0.1) is 0 Å². The lowest BCUT2D eigenvalue weighted by molar-refractivity contribution is 0.162. The van der Waals surface area contributed by atoms with Crippen molar-refractivity contribution < 1.29 is 9.15 Å². The fourth-order valence-corrected chi connectivity index (χ4v) is 1.88. The number of methoxy groups -OCH3 is 1. The zero-order valence-electron chi connectivity index (χ0n) is 9.52. The van der Waals surface area contributed by atoms with Gasteiger partial charge in [0.15, 0.2) is 0 Å². The fourth-order valence-electron chi connectivity index (χ4n) is 1.62. The second-order valence-corrected chi connectivity index (χ2v) is 4.68. The zero-order chi connectivity index (χ0) is 12.3. The Balaban J connectivity index is 2.18. The molecule has 1 aromatic heterocycles. The summed E-state index contributed by atoms with van der Waals surface area (Å²) in [4.78, 5) is 0. The lowest BCUT2D eigenvalue weighted by atomic mass is 10.1. The topological polar surface area (TPSA) is 48.4 Å². The van der Waals surface area contributed by atoms with E-state index in [1.807, 2.05) is 36.4 Å². The van der Waals surface area contributed by atoms with Gasteiger partial charge in [-0.25, -0.2) is 0 Å². The maximum atomic E-state index is 6.13. The highest BCUT2D eigenvalue weighted by Gasteiger charge is 2.13. The van der Waals surface area contributed by atoms with E-state index in [1.54, 1.807) is 7.11 Å². The number of nitrogens with two attached hydrogens (primary N) is 1. The summed E-state index contributed by atoms with van der Waals surface area (Å²) >= 11 is 3.39. The van der Waals surface area contributed by atoms with Gasteiger partial charge in [0.2, 0.25) is 0 Å². The standard InChI is InChI=1S/C13H14BrNO2/c1-16-8-11-6-7-12(17-11)13(15)9-2-4-10(14)5-3-9/h2-7,13H,8,15H2,1H3. The number of furan rings is 1. The molecule has 3 nitrogen and oxygen atoms in total.